The highest BCUT2D eigenvalue weighted by Gasteiger charge is 2.25. The standard InChI is InChI=1S/C13H20BrN3O/c1-3-10(7-9-5-6-9)16-11-8-15-17(4-2)13(18)12(11)14/h8-10,16H,3-7H2,1-2H3. The van der Waals surface area contributed by atoms with E-state index < -0.39 is 0 Å². The van der Waals surface area contributed by atoms with Gasteiger partial charge in [-0.1, -0.05) is 19.8 Å². The number of anilines is 1. The van der Waals surface area contributed by atoms with Crippen molar-refractivity contribution < 1.29 is 0 Å². The van der Waals surface area contributed by atoms with Gasteiger partial charge >= 0.3 is 0 Å². The zero-order valence-electron chi connectivity index (χ0n) is 10.9. The maximum absolute atomic E-state index is 11.9. The average Bonchev–Trinajstić information content (AvgIpc) is 3.18. The van der Waals surface area contributed by atoms with Gasteiger partial charge in [0.2, 0.25) is 0 Å². The Morgan fingerprint density at radius 1 is 1.56 bits per heavy atom. The SMILES string of the molecule is CCC(CC1CC1)Nc1cnn(CC)c(=O)c1Br. The minimum atomic E-state index is -0.0659. The van der Waals surface area contributed by atoms with E-state index in [-0.39, 0.29) is 5.56 Å². The molecule has 2 rings (SSSR count). The number of aryl methyl sites for hydroxylation is 1. The number of halogens is 1. The van der Waals surface area contributed by atoms with Gasteiger partial charge < -0.3 is 5.32 Å². The van der Waals surface area contributed by atoms with Crippen molar-refractivity contribution >= 4 is 21.6 Å². The van der Waals surface area contributed by atoms with E-state index in [2.05, 4.69) is 33.3 Å². The van der Waals surface area contributed by atoms with Crippen LogP contribution >= 0.6 is 15.9 Å². The molecule has 1 saturated carbocycles. The fourth-order valence-electron chi connectivity index (χ4n) is 2.09. The number of rotatable bonds is 6. The molecule has 1 aromatic heterocycles. The van der Waals surface area contributed by atoms with Crippen LogP contribution in [-0.2, 0) is 6.54 Å². The maximum Gasteiger partial charge on any atom is 0.283 e. The van der Waals surface area contributed by atoms with Crippen LogP contribution in [0, 0.1) is 5.92 Å². The van der Waals surface area contributed by atoms with Gasteiger partial charge in [-0.25, -0.2) is 4.68 Å². The fourth-order valence-corrected chi connectivity index (χ4v) is 2.52. The number of nitrogens with one attached hydrogen (secondary N) is 1. The smallest absolute Gasteiger partial charge is 0.283 e. The molecule has 1 fully saturated rings. The second kappa shape index (κ2) is 5.87. The van der Waals surface area contributed by atoms with E-state index >= 15 is 0 Å². The molecule has 1 unspecified atom stereocenters. The summed E-state index contributed by atoms with van der Waals surface area (Å²) in [4.78, 5) is 11.9. The molecule has 1 heterocycles. The van der Waals surface area contributed by atoms with Crippen molar-refractivity contribution in [2.45, 2.75) is 52.1 Å². The molecule has 1 aliphatic rings. The largest absolute Gasteiger partial charge is 0.380 e. The first kappa shape index (κ1) is 13.6. The second-order valence-electron chi connectivity index (χ2n) is 4.92. The molecule has 0 spiro atoms. The Morgan fingerprint density at radius 2 is 2.28 bits per heavy atom. The Hall–Kier alpha value is -0.840. The van der Waals surface area contributed by atoms with Gasteiger partial charge in [-0.15, -0.1) is 0 Å². The van der Waals surface area contributed by atoms with Crippen molar-refractivity contribution in [3.8, 4) is 0 Å². The quantitative estimate of drug-likeness (QED) is 0.878. The Morgan fingerprint density at radius 3 is 2.83 bits per heavy atom. The van der Waals surface area contributed by atoms with Crippen LogP contribution in [0.2, 0.25) is 0 Å². The molecule has 0 saturated heterocycles. The summed E-state index contributed by atoms with van der Waals surface area (Å²) in [7, 11) is 0. The van der Waals surface area contributed by atoms with Crippen molar-refractivity contribution in [1.29, 1.82) is 0 Å². The molecule has 5 heteroatoms. The molecule has 1 aliphatic carbocycles. The zero-order chi connectivity index (χ0) is 13.1. The molecular weight excluding hydrogens is 294 g/mol. The molecule has 0 bridgehead atoms. The molecule has 1 N–H and O–H groups in total. The van der Waals surface area contributed by atoms with Gasteiger partial charge in [0.1, 0.15) is 4.47 Å². The van der Waals surface area contributed by atoms with Crippen LogP contribution in [-0.4, -0.2) is 15.8 Å². The lowest BCUT2D eigenvalue weighted by Gasteiger charge is -2.18. The topological polar surface area (TPSA) is 46.9 Å². The predicted octanol–water partition coefficient (Wildman–Crippen LogP) is 3.02. The second-order valence-corrected chi connectivity index (χ2v) is 5.71. The number of hydrogen-bond donors (Lipinski definition) is 1. The van der Waals surface area contributed by atoms with Crippen molar-refractivity contribution in [3.63, 3.8) is 0 Å². The summed E-state index contributed by atoms with van der Waals surface area (Å²) in [5.74, 6) is 0.880. The third kappa shape index (κ3) is 3.13. The Bertz CT molecular complexity index is 468. The average molecular weight is 314 g/mol. The van der Waals surface area contributed by atoms with Crippen LogP contribution in [0.3, 0.4) is 0 Å². The summed E-state index contributed by atoms with van der Waals surface area (Å²) >= 11 is 3.38. The van der Waals surface area contributed by atoms with Crippen molar-refractivity contribution in [2.75, 3.05) is 5.32 Å². The summed E-state index contributed by atoms with van der Waals surface area (Å²) in [5.41, 5.74) is 0.751. The van der Waals surface area contributed by atoms with Gasteiger partial charge in [-0.3, -0.25) is 4.79 Å². The highest BCUT2D eigenvalue weighted by molar-refractivity contribution is 9.10. The third-order valence-electron chi connectivity index (χ3n) is 3.45. The molecule has 0 aliphatic heterocycles. The van der Waals surface area contributed by atoms with Crippen LogP contribution in [0.5, 0.6) is 0 Å². The van der Waals surface area contributed by atoms with E-state index in [1.54, 1.807) is 6.20 Å². The predicted molar refractivity (Wildman–Crippen MR) is 76.9 cm³/mol. The minimum Gasteiger partial charge on any atom is -0.380 e. The summed E-state index contributed by atoms with van der Waals surface area (Å²) in [5, 5.41) is 7.59. The van der Waals surface area contributed by atoms with Gasteiger partial charge in [0.15, 0.2) is 0 Å². The van der Waals surface area contributed by atoms with Gasteiger partial charge in [0.25, 0.3) is 5.56 Å². The van der Waals surface area contributed by atoms with Gasteiger partial charge in [0.05, 0.1) is 11.9 Å². The summed E-state index contributed by atoms with van der Waals surface area (Å²) < 4.78 is 2.05. The first-order chi connectivity index (χ1) is 8.65. The van der Waals surface area contributed by atoms with Crippen LogP contribution < -0.4 is 10.9 Å². The van der Waals surface area contributed by atoms with Gasteiger partial charge in [-0.2, -0.15) is 5.10 Å². The van der Waals surface area contributed by atoms with Crippen LogP contribution in [0.25, 0.3) is 0 Å². The first-order valence-corrected chi connectivity index (χ1v) is 7.47. The first-order valence-electron chi connectivity index (χ1n) is 6.67. The number of aromatic nitrogens is 2. The Kier molecular flexibility index (Phi) is 4.43. The van der Waals surface area contributed by atoms with E-state index in [0.717, 1.165) is 18.0 Å². The Balaban J connectivity index is 2.12. The van der Waals surface area contributed by atoms with Gasteiger partial charge in [-0.05, 0) is 41.6 Å². The monoisotopic (exact) mass is 313 g/mol. The molecule has 0 aromatic carbocycles. The van der Waals surface area contributed by atoms with Crippen LogP contribution in [0.1, 0.15) is 39.5 Å². The lowest BCUT2D eigenvalue weighted by atomic mass is 10.1. The molecule has 4 nitrogen and oxygen atoms in total. The van der Waals surface area contributed by atoms with E-state index in [1.165, 1.54) is 23.9 Å². The van der Waals surface area contributed by atoms with Crippen molar-refractivity contribution in [1.82, 2.24) is 9.78 Å². The molecule has 18 heavy (non-hydrogen) atoms. The molecule has 1 aromatic rings. The molecule has 0 amide bonds. The zero-order valence-corrected chi connectivity index (χ0v) is 12.5. The summed E-state index contributed by atoms with van der Waals surface area (Å²) in [6.07, 6.45) is 6.72. The van der Waals surface area contributed by atoms with E-state index in [4.69, 9.17) is 0 Å². The van der Waals surface area contributed by atoms with Crippen molar-refractivity contribution in [2.24, 2.45) is 5.92 Å². The van der Waals surface area contributed by atoms with Crippen molar-refractivity contribution in [3.05, 3.63) is 21.0 Å². The summed E-state index contributed by atoms with van der Waals surface area (Å²) in [6.45, 7) is 4.68. The number of hydrogen-bond acceptors (Lipinski definition) is 3. The van der Waals surface area contributed by atoms with Crippen LogP contribution in [0.15, 0.2) is 15.5 Å². The molecule has 0 radical (unpaired) electrons. The van der Waals surface area contributed by atoms with Crippen LogP contribution in [0.4, 0.5) is 5.69 Å². The Labute approximate surface area is 116 Å². The highest BCUT2D eigenvalue weighted by Crippen LogP contribution is 2.35. The minimum absolute atomic E-state index is 0.0659. The molecular formula is C13H20BrN3O. The van der Waals surface area contributed by atoms with Gasteiger partial charge in [0, 0.05) is 12.6 Å². The molecule has 1 atom stereocenters. The maximum atomic E-state index is 11.9. The molecule has 100 valence electrons. The lowest BCUT2D eigenvalue weighted by molar-refractivity contribution is 0.580. The number of nitrogens with zero attached hydrogens (tertiary/aromatic N) is 2. The van der Waals surface area contributed by atoms with E-state index in [0.29, 0.717) is 17.1 Å². The normalized spacial score (nSPS) is 16.6. The van der Waals surface area contributed by atoms with E-state index in [9.17, 15) is 4.79 Å². The fraction of sp³-hybridized carbons (Fsp3) is 0.692. The highest BCUT2D eigenvalue weighted by atomic mass is 79.9. The summed E-state index contributed by atoms with van der Waals surface area (Å²) in [6, 6.07) is 0.437. The van der Waals surface area contributed by atoms with E-state index in [1.807, 2.05) is 6.92 Å². The third-order valence-corrected chi connectivity index (χ3v) is 4.22. The lowest BCUT2D eigenvalue weighted by Crippen LogP contribution is -2.26.